The van der Waals surface area contributed by atoms with Gasteiger partial charge in [0.1, 0.15) is 0 Å². The lowest BCUT2D eigenvalue weighted by Gasteiger charge is -2.32. The number of nitrogens with two attached hydrogens (primary N) is 1. The first kappa shape index (κ1) is 18.4. The first-order valence-electron chi connectivity index (χ1n) is 7.55. The molecule has 3 N–H and O–H groups in total. The fraction of sp³-hybridized carbons (Fsp3) is 0.867. The smallest absolute Gasteiger partial charge is 0.233 e. The molecule has 0 aromatic heterocycles. The van der Waals surface area contributed by atoms with Crippen molar-refractivity contribution in [2.75, 3.05) is 0 Å². The molecule has 0 rings (SSSR count). The molecule has 3 nitrogen and oxygen atoms in total. The summed E-state index contributed by atoms with van der Waals surface area (Å²) in [6.07, 6.45) is 6.58. The van der Waals surface area contributed by atoms with Gasteiger partial charge in [-0.1, -0.05) is 58.7 Å². The third-order valence-electron chi connectivity index (χ3n) is 3.63. The van der Waals surface area contributed by atoms with E-state index in [1.807, 2.05) is 0 Å². The Kier molecular flexibility index (Phi) is 8.98. The molecule has 0 aromatic rings. The normalized spacial score (nSPS) is 13.1. The van der Waals surface area contributed by atoms with Gasteiger partial charge in [-0.15, -0.1) is 0 Å². The van der Waals surface area contributed by atoms with Gasteiger partial charge in [-0.2, -0.15) is 0 Å². The number of nitrogens with one attached hydrogen (secondary N) is 1. The van der Waals surface area contributed by atoms with Crippen LogP contribution >= 0.6 is 12.2 Å². The van der Waals surface area contributed by atoms with Crippen molar-refractivity contribution in [1.29, 1.82) is 0 Å². The number of carbonyl (C=O) groups excluding carboxylic acids is 1. The molecule has 1 unspecified atom stereocenters. The summed E-state index contributed by atoms with van der Waals surface area (Å²) in [6.45, 7) is 8.34. The summed E-state index contributed by atoms with van der Waals surface area (Å²) in [5.41, 5.74) is 5.24. The first-order chi connectivity index (χ1) is 8.94. The van der Waals surface area contributed by atoms with Crippen LogP contribution in [0.25, 0.3) is 0 Å². The maximum atomic E-state index is 12.6. The zero-order chi connectivity index (χ0) is 14.9. The lowest BCUT2D eigenvalue weighted by atomic mass is 9.78. The minimum Gasteiger partial charge on any atom is -0.392 e. The van der Waals surface area contributed by atoms with Crippen LogP contribution in [0.4, 0.5) is 0 Å². The molecule has 0 saturated heterocycles. The second kappa shape index (κ2) is 9.29. The summed E-state index contributed by atoms with van der Waals surface area (Å²) in [4.78, 5) is 12.9. The second-order valence-corrected chi connectivity index (χ2v) is 5.90. The third kappa shape index (κ3) is 5.47. The van der Waals surface area contributed by atoms with Gasteiger partial charge in [0.25, 0.3) is 0 Å². The molecule has 0 aromatic carbocycles. The van der Waals surface area contributed by atoms with Crippen molar-refractivity contribution in [2.24, 2.45) is 11.1 Å². The van der Waals surface area contributed by atoms with E-state index in [0.717, 1.165) is 44.9 Å². The van der Waals surface area contributed by atoms with Gasteiger partial charge >= 0.3 is 0 Å². The molecule has 0 spiro atoms. The minimum atomic E-state index is -0.653. The summed E-state index contributed by atoms with van der Waals surface area (Å²) in [6, 6.07) is 0.190. The third-order valence-corrected chi connectivity index (χ3v) is 4.02. The molecule has 0 saturated carbocycles. The predicted octanol–water partition coefficient (Wildman–Crippen LogP) is 3.55. The van der Waals surface area contributed by atoms with Gasteiger partial charge in [-0.05, 0) is 26.2 Å². The summed E-state index contributed by atoms with van der Waals surface area (Å²) in [5, 5.41) is 3.10. The Morgan fingerprint density at radius 1 is 1.21 bits per heavy atom. The van der Waals surface area contributed by atoms with Crippen LogP contribution in [0.1, 0.15) is 72.6 Å². The number of unbranched alkanes of at least 4 members (excludes halogenated alkanes) is 1. The van der Waals surface area contributed by atoms with E-state index < -0.39 is 5.41 Å². The maximum Gasteiger partial charge on any atom is 0.233 e. The van der Waals surface area contributed by atoms with E-state index >= 15 is 0 Å². The molecule has 0 bridgehead atoms. The molecule has 0 aliphatic carbocycles. The fourth-order valence-corrected chi connectivity index (χ4v) is 2.81. The van der Waals surface area contributed by atoms with E-state index in [1.165, 1.54) is 0 Å². The van der Waals surface area contributed by atoms with Gasteiger partial charge in [0.15, 0.2) is 0 Å². The van der Waals surface area contributed by atoms with Crippen LogP contribution in [-0.4, -0.2) is 16.9 Å². The molecule has 19 heavy (non-hydrogen) atoms. The molecule has 0 fully saturated rings. The van der Waals surface area contributed by atoms with E-state index in [-0.39, 0.29) is 11.9 Å². The fourth-order valence-electron chi connectivity index (χ4n) is 2.51. The number of hydrogen-bond acceptors (Lipinski definition) is 2. The Bertz CT molecular complexity index is 286. The lowest BCUT2D eigenvalue weighted by Crippen LogP contribution is -2.51. The zero-order valence-electron chi connectivity index (χ0n) is 12.9. The molecule has 0 aliphatic heterocycles. The standard InChI is InChI=1S/C15H30N2OS/c1-5-8-9-12(4)17-14(18)15(10-6-2,11-7-3)13(16)19/h12H,5-11H2,1-4H3,(H2,16,19)(H,17,18). The topological polar surface area (TPSA) is 55.1 Å². The Balaban J connectivity index is 4.83. The van der Waals surface area contributed by atoms with Gasteiger partial charge in [0.2, 0.25) is 5.91 Å². The SMILES string of the molecule is CCCCC(C)NC(=O)C(CCC)(CCC)C(N)=S. The molecule has 1 amide bonds. The number of thiocarbonyl (C=S) groups is 1. The summed E-state index contributed by atoms with van der Waals surface area (Å²) in [5.74, 6) is 0.0207. The van der Waals surface area contributed by atoms with Crippen LogP contribution in [0.3, 0.4) is 0 Å². The number of rotatable bonds is 10. The van der Waals surface area contributed by atoms with Crippen LogP contribution in [0, 0.1) is 5.41 Å². The average Bonchev–Trinajstić information content (AvgIpc) is 2.35. The Morgan fingerprint density at radius 2 is 1.74 bits per heavy atom. The molecular weight excluding hydrogens is 256 g/mol. The van der Waals surface area contributed by atoms with E-state index in [1.54, 1.807) is 0 Å². The number of carbonyl (C=O) groups is 1. The Labute approximate surface area is 123 Å². The van der Waals surface area contributed by atoms with Crippen LogP contribution in [0.2, 0.25) is 0 Å². The summed E-state index contributed by atoms with van der Waals surface area (Å²) >= 11 is 5.19. The van der Waals surface area contributed by atoms with Gasteiger partial charge < -0.3 is 11.1 Å². The monoisotopic (exact) mass is 286 g/mol. The van der Waals surface area contributed by atoms with Crippen LogP contribution in [0.15, 0.2) is 0 Å². The molecule has 0 radical (unpaired) electrons. The van der Waals surface area contributed by atoms with Gasteiger partial charge in [0, 0.05) is 6.04 Å². The average molecular weight is 286 g/mol. The first-order valence-corrected chi connectivity index (χ1v) is 7.96. The molecule has 112 valence electrons. The van der Waals surface area contributed by atoms with E-state index in [0.29, 0.717) is 4.99 Å². The van der Waals surface area contributed by atoms with Crippen molar-refractivity contribution in [3.05, 3.63) is 0 Å². The predicted molar refractivity (Wildman–Crippen MR) is 86.2 cm³/mol. The highest BCUT2D eigenvalue weighted by atomic mass is 32.1. The van der Waals surface area contributed by atoms with Gasteiger partial charge in [-0.3, -0.25) is 4.79 Å². The highest BCUT2D eigenvalue weighted by molar-refractivity contribution is 7.80. The van der Waals surface area contributed by atoms with Crippen molar-refractivity contribution in [3.8, 4) is 0 Å². The molecule has 0 aliphatic rings. The van der Waals surface area contributed by atoms with Crippen molar-refractivity contribution in [3.63, 3.8) is 0 Å². The number of amides is 1. The zero-order valence-corrected chi connectivity index (χ0v) is 13.7. The Morgan fingerprint density at radius 3 is 2.11 bits per heavy atom. The van der Waals surface area contributed by atoms with Crippen molar-refractivity contribution in [1.82, 2.24) is 5.32 Å². The summed E-state index contributed by atoms with van der Waals surface area (Å²) < 4.78 is 0. The Hall–Kier alpha value is -0.640. The highest BCUT2D eigenvalue weighted by Crippen LogP contribution is 2.31. The van der Waals surface area contributed by atoms with Crippen LogP contribution < -0.4 is 11.1 Å². The summed E-state index contributed by atoms with van der Waals surface area (Å²) in [7, 11) is 0. The maximum absolute atomic E-state index is 12.6. The quantitative estimate of drug-likeness (QED) is 0.604. The van der Waals surface area contributed by atoms with Crippen LogP contribution in [0.5, 0.6) is 0 Å². The molecule has 4 heteroatoms. The minimum absolute atomic E-state index is 0.0207. The van der Waals surface area contributed by atoms with Crippen LogP contribution in [-0.2, 0) is 4.79 Å². The van der Waals surface area contributed by atoms with Gasteiger partial charge in [-0.25, -0.2) is 0 Å². The van der Waals surface area contributed by atoms with Crippen molar-refractivity contribution in [2.45, 2.75) is 78.7 Å². The molecule has 1 atom stereocenters. The van der Waals surface area contributed by atoms with E-state index in [4.69, 9.17) is 18.0 Å². The van der Waals surface area contributed by atoms with Crippen molar-refractivity contribution < 1.29 is 4.79 Å². The van der Waals surface area contributed by atoms with Gasteiger partial charge in [0.05, 0.1) is 10.4 Å². The van der Waals surface area contributed by atoms with E-state index in [9.17, 15) is 4.79 Å². The lowest BCUT2D eigenvalue weighted by molar-refractivity contribution is -0.128. The molecular formula is C15H30N2OS. The number of hydrogen-bond donors (Lipinski definition) is 2. The van der Waals surface area contributed by atoms with Crippen molar-refractivity contribution >= 4 is 23.1 Å². The van der Waals surface area contributed by atoms with E-state index in [2.05, 4.69) is 33.0 Å². The highest BCUT2D eigenvalue weighted by Gasteiger charge is 2.40. The largest absolute Gasteiger partial charge is 0.392 e. The second-order valence-electron chi connectivity index (χ2n) is 5.46. The molecule has 0 heterocycles.